The van der Waals surface area contributed by atoms with Crippen molar-refractivity contribution in [3.63, 3.8) is 0 Å². The topological polar surface area (TPSA) is 75.3 Å². The summed E-state index contributed by atoms with van der Waals surface area (Å²) >= 11 is 1.26. The molecule has 11 heavy (non-hydrogen) atoms. The lowest BCUT2D eigenvalue weighted by atomic mass is 10.2. The number of aliphatic hydroxyl groups is 1. The number of nitrogens with two attached hydrogens (primary N) is 1. The Kier molecular flexibility index (Phi) is 1.43. The standard InChI is InChI=1S/C5H8N4OS/c6-4-7-5(11-8-4)9-1-3(10)2-9/h3,10H,1-2H2,(H2,6,8). The average molecular weight is 172 g/mol. The quantitative estimate of drug-likeness (QED) is 0.586. The molecule has 0 bridgehead atoms. The Balaban J connectivity index is 2.07. The van der Waals surface area contributed by atoms with Gasteiger partial charge in [-0.15, -0.1) is 0 Å². The fourth-order valence-corrected chi connectivity index (χ4v) is 1.58. The molecule has 1 fully saturated rings. The van der Waals surface area contributed by atoms with Gasteiger partial charge < -0.3 is 15.7 Å². The number of anilines is 2. The molecule has 1 aromatic heterocycles. The molecule has 5 nitrogen and oxygen atoms in total. The largest absolute Gasteiger partial charge is 0.389 e. The second kappa shape index (κ2) is 2.31. The summed E-state index contributed by atoms with van der Waals surface area (Å²) < 4.78 is 3.83. The van der Waals surface area contributed by atoms with Crippen molar-refractivity contribution in [3.05, 3.63) is 0 Å². The Morgan fingerprint density at radius 1 is 1.64 bits per heavy atom. The maximum absolute atomic E-state index is 8.97. The van der Waals surface area contributed by atoms with Crippen molar-refractivity contribution in [2.24, 2.45) is 0 Å². The van der Waals surface area contributed by atoms with Crippen molar-refractivity contribution < 1.29 is 5.11 Å². The van der Waals surface area contributed by atoms with Gasteiger partial charge in [0.25, 0.3) is 0 Å². The summed E-state index contributed by atoms with van der Waals surface area (Å²) in [6, 6.07) is 0. The van der Waals surface area contributed by atoms with Crippen LogP contribution in [0.3, 0.4) is 0 Å². The van der Waals surface area contributed by atoms with Gasteiger partial charge in [-0.3, -0.25) is 0 Å². The van der Waals surface area contributed by atoms with E-state index in [1.807, 2.05) is 4.90 Å². The third-order valence-electron chi connectivity index (χ3n) is 1.56. The number of β-amino-alcohol motifs (C(OH)–C–C–N with tert-alkyl or cyclic N) is 1. The fourth-order valence-electron chi connectivity index (χ4n) is 0.966. The first-order valence-electron chi connectivity index (χ1n) is 3.28. The molecule has 1 aliphatic heterocycles. The maximum atomic E-state index is 8.97. The van der Waals surface area contributed by atoms with Crippen LogP contribution < -0.4 is 10.6 Å². The van der Waals surface area contributed by atoms with Gasteiger partial charge in [0.2, 0.25) is 11.1 Å². The number of aliphatic hydroxyl groups excluding tert-OH is 1. The molecule has 3 N–H and O–H groups in total. The molecule has 60 valence electrons. The van der Waals surface area contributed by atoms with Gasteiger partial charge in [0.05, 0.1) is 6.10 Å². The lowest BCUT2D eigenvalue weighted by Gasteiger charge is -2.34. The van der Waals surface area contributed by atoms with Crippen molar-refractivity contribution in [1.82, 2.24) is 9.36 Å². The van der Waals surface area contributed by atoms with Gasteiger partial charge in [0.1, 0.15) is 0 Å². The predicted molar refractivity (Wildman–Crippen MR) is 42.5 cm³/mol. The first kappa shape index (κ1) is 6.81. The number of hydrogen-bond acceptors (Lipinski definition) is 6. The molecule has 0 aromatic carbocycles. The van der Waals surface area contributed by atoms with Crippen LogP contribution in [0.4, 0.5) is 11.1 Å². The highest BCUT2D eigenvalue weighted by Gasteiger charge is 2.26. The van der Waals surface area contributed by atoms with Crippen molar-refractivity contribution in [1.29, 1.82) is 0 Å². The van der Waals surface area contributed by atoms with Gasteiger partial charge in [0, 0.05) is 24.6 Å². The van der Waals surface area contributed by atoms with Gasteiger partial charge in [-0.2, -0.15) is 9.36 Å². The van der Waals surface area contributed by atoms with Gasteiger partial charge in [-0.1, -0.05) is 0 Å². The highest BCUT2D eigenvalue weighted by atomic mass is 32.1. The van der Waals surface area contributed by atoms with E-state index in [9.17, 15) is 0 Å². The fraction of sp³-hybridized carbons (Fsp3) is 0.600. The summed E-state index contributed by atoms with van der Waals surface area (Å²) in [4.78, 5) is 5.91. The SMILES string of the molecule is Nc1nsc(N2CC(O)C2)n1. The van der Waals surface area contributed by atoms with E-state index in [4.69, 9.17) is 10.8 Å². The van der Waals surface area contributed by atoms with E-state index >= 15 is 0 Å². The summed E-state index contributed by atoms with van der Waals surface area (Å²) in [5.74, 6) is 0.311. The zero-order chi connectivity index (χ0) is 7.84. The third-order valence-corrected chi connectivity index (χ3v) is 2.35. The van der Waals surface area contributed by atoms with E-state index in [1.165, 1.54) is 11.5 Å². The van der Waals surface area contributed by atoms with Crippen LogP contribution in [0.1, 0.15) is 0 Å². The Labute approximate surface area is 67.6 Å². The summed E-state index contributed by atoms with van der Waals surface area (Å²) in [6.07, 6.45) is -0.208. The van der Waals surface area contributed by atoms with Crippen LogP contribution in [0.2, 0.25) is 0 Å². The molecule has 0 unspecified atom stereocenters. The van der Waals surface area contributed by atoms with Gasteiger partial charge in [-0.25, -0.2) is 0 Å². The van der Waals surface area contributed by atoms with Gasteiger partial charge in [0.15, 0.2) is 0 Å². The lowest BCUT2D eigenvalue weighted by molar-refractivity contribution is 0.142. The monoisotopic (exact) mass is 172 g/mol. The molecule has 0 atom stereocenters. The lowest BCUT2D eigenvalue weighted by Crippen LogP contribution is -2.50. The van der Waals surface area contributed by atoms with Crippen LogP contribution in [0.5, 0.6) is 0 Å². The third kappa shape index (κ3) is 1.14. The zero-order valence-electron chi connectivity index (χ0n) is 5.77. The zero-order valence-corrected chi connectivity index (χ0v) is 6.58. The van der Waals surface area contributed by atoms with Crippen LogP contribution in [0.15, 0.2) is 0 Å². The molecule has 0 spiro atoms. The van der Waals surface area contributed by atoms with Crippen molar-refractivity contribution >= 4 is 22.6 Å². The smallest absolute Gasteiger partial charge is 0.233 e. The Morgan fingerprint density at radius 2 is 2.36 bits per heavy atom. The van der Waals surface area contributed by atoms with E-state index in [0.29, 0.717) is 19.0 Å². The van der Waals surface area contributed by atoms with Gasteiger partial charge >= 0.3 is 0 Å². The number of rotatable bonds is 1. The van der Waals surface area contributed by atoms with Crippen molar-refractivity contribution in [2.45, 2.75) is 6.10 Å². The minimum absolute atomic E-state index is 0.208. The summed E-state index contributed by atoms with van der Waals surface area (Å²) in [6.45, 7) is 1.29. The highest BCUT2D eigenvalue weighted by Crippen LogP contribution is 2.22. The molecule has 1 saturated heterocycles. The first-order chi connectivity index (χ1) is 5.25. The van der Waals surface area contributed by atoms with Crippen LogP contribution in [0.25, 0.3) is 0 Å². The molecule has 1 aliphatic rings. The maximum Gasteiger partial charge on any atom is 0.233 e. The molecule has 0 saturated carbocycles. The average Bonchev–Trinajstić information content (AvgIpc) is 2.29. The molecule has 0 aliphatic carbocycles. The summed E-state index contributed by atoms with van der Waals surface area (Å²) in [5.41, 5.74) is 5.33. The van der Waals surface area contributed by atoms with Crippen molar-refractivity contribution in [3.8, 4) is 0 Å². The van der Waals surface area contributed by atoms with E-state index < -0.39 is 0 Å². The summed E-state index contributed by atoms with van der Waals surface area (Å²) in [5, 5.41) is 9.77. The number of aromatic nitrogens is 2. The first-order valence-corrected chi connectivity index (χ1v) is 4.05. The van der Waals surface area contributed by atoms with Crippen LogP contribution >= 0.6 is 11.5 Å². The predicted octanol–water partition coefficient (Wildman–Crippen LogP) is -0.699. The molecule has 2 heterocycles. The van der Waals surface area contributed by atoms with Crippen LogP contribution in [0, 0.1) is 0 Å². The molecule has 0 radical (unpaired) electrons. The van der Waals surface area contributed by atoms with E-state index in [0.717, 1.165) is 5.13 Å². The minimum Gasteiger partial charge on any atom is -0.389 e. The Morgan fingerprint density at radius 3 is 2.82 bits per heavy atom. The molecular weight excluding hydrogens is 164 g/mol. The van der Waals surface area contributed by atoms with Crippen molar-refractivity contribution in [2.75, 3.05) is 23.7 Å². The van der Waals surface area contributed by atoms with E-state index in [1.54, 1.807) is 0 Å². The molecular formula is C5H8N4OS. The highest BCUT2D eigenvalue weighted by molar-refractivity contribution is 7.09. The van der Waals surface area contributed by atoms with Gasteiger partial charge in [-0.05, 0) is 0 Å². The Hall–Kier alpha value is -0.880. The molecule has 0 amide bonds. The number of nitrogens with zero attached hydrogens (tertiary/aromatic N) is 3. The second-order valence-corrected chi connectivity index (χ2v) is 3.22. The molecule has 2 rings (SSSR count). The molecule has 1 aromatic rings. The van der Waals surface area contributed by atoms with Crippen LogP contribution in [-0.4, -0.2) is 33.7 Å². The molecule has 6 heteroatoms. The number of hydrogen-bond donors (Lipinski definition) is 2. The van der Waals surface area contributed by atoms with Crippen LogP contribution in [-0.2, 0) is 0 Å². The minimum atomic E-state index is -0.208. The van der Waals surface area contributed by atoms with E-state index in [2.05, 4.69) is 9.36 Å². The Bertz CT molecular complexity index is 257. The second-order valence-electron chi connectivity index (χ2n) is 2.49. The van der Waals surface area contributed by atoms with E-state index in [-0.39, 0.29) is 6.10 Å². The number of nitrogen functional groups attached to an aromatic ring is 1. The summed E-state index contributed by atoms with van der Waals surface area (Å²) in [7, 11) is 0. The normalized spacial score (nSPS) is 18.5.